The van der Waals surface area contributed by atoms with Gasteiger partial charge in [0.2, 0.25) is 5.91 Å². The number of aromatic amines is 2. The number of aromatic nitrogens is 4. The highest BCUT2D eigenvalue weighted by Crippen LogP contribution is 2.20. The van der Waals surface area contributed by atoms with Gasteiger partial charge in [-0.1, -0.05) is 18.2 Å². The average Bonchev–Trinajstić information content (AvgIpc) is 3.13. The third-order valence-electron chi connectivity index (χ3n) is 3.62. The number of H-pyrrole nitrogens is 2. The molecule has 0 saturated carbocycles. The van der Waals surface area contributed by atoms with Gasteiger partial charge in [0.25, 0.3) is 0 Å². The predicted octanol–water partition coefficient (Wildman–Crippen LogP) is 2.62. The van der Waals surface area contributed by atoms with Crippen LogP contribution in [0.1, 0.15) is 5.56 Å². The molecule has 6 heteroatoms. The van der Waals surface area contributed by atoms with Gasteiger partial charge in [-0.25, -0.2) is 4.98 Å². The van der Waals surface area contributed by atoms with Crippen LogP contribution in [-0.2, 0) is 11.2 Å². The number of fused-ring (bicyclic) bond motifs is 2. The summed E-state index contributed by atoms with van der Waals surface area (Å²) in [5, 5.41) is 11.6. The molecule has 4 rings (SSSR count). The Kier molecular flexibility index (Phi) is 2.86. The SMILES string of the molecule is O=C(Cc1c[nH]c2ccccc12)Nc1[nH]nc2ncccc12. The Morgan fingerprint density at radius 2 is 2.00 bits per heavy atom. The smallest absolute Gasteiger partial charge is 0.230 e. The lowest BCUT2D eigenvalue weighted by molar-refractivity contribution is -0.115. The maximum atomic E-state index is 12.3. The first-order valence-corrected chi connectivity index (χ1v) is 6.95. The van der Waals surface area contributed by atoms with Crippen LogP contribution in [0, 0.1) is 0 Å². The molecule has 0 fully saturated rings. The first-order chi connectivity index (χ1) is 10.8. The molecule has 3 N–H and O–H groups in total. The second-order valence-electron chi connectivity index (χ2n) is 5.06. The van der Waals surface area contributed by atoms with Crippen molar-refractivity contribution >= 4 is 33.7 Å². The van der Waals surface area contributed by atoms with Crippen molar-refractivity contribution in [3.8, 4) is 0 Å². The Morgan fingerprint density at radius 1 is 1.14 bits per heavy atom. The number of carbonyl (C=O) groups is 1. The number of hydrogen-bond donors (Lipinski definition) is 3. The number of benzene rings is 1. The molecule has 0 bridgehead atoms. The van der Waals surface area contributed by atoms with Crippen LogP contribution in [0.4, 0.5) is 5.82 Å². The molecule has 0 aliphatic rings. The Morgan fingerprint density at radius 3 is 2.95 bits per heavy atom. The van der Waals surface area contributed by atoms with Crippen molar-refractivity contribution in [3.63, 3.8) is 0 Å². The number of hydrogen-bond acceptors (Lipinski definition) is 3. The topological polar surface area (TPSA) is 86.5 Å². The minimum atomic E-state index is -0.0980. The van der Waals surface area contributed by atoms with E-state index in [9.17, 15) is 4.79 Å². The number of carbonyl (C=O) groups excluding carboxylic acids is 1. The van der Waals surface area contributed by atoms with Crippen LogP contribution < -0.4 is 5.32 Å². The number of pyridine rings is 1. The van der Waals surface area contributed by atoms with Gasteiger partial charge >= 0.3 is 0 Å². The molecule has 0 aliphatic carbocycles. The third-order valence-corrected chi connectivity index (χ3v) is 3.62. The summed E-state index contributed by atoms with van der Waals surface area (Å²) in [5.74, 6) is 0.479. The van der Waals surface area contributed by atoms with Gasteiger partial charge in [0.15, 0.2) is 5.65 Å². The molecule has 1 amide bonds. The van der Waals surface area contributed by atoms with Gasteiger partial charge in [-0.2, -0.15) is 5.10 Å². The van der Waals surface area contributed by atoms with Crippen LogP contribution in [0.25, 0.3) is 21.9 Å². The molecule has 108 valence electrons. The van der Waals surface area contributed by atoms with Crippen molar-refractivity contribution in [1.29, 1.82) is 0 Å². The Bertz CT molecular complexity index is 891. The van der Waals surface area contributed by atoms with E-state index in [-0.39, 0.29) is 5.91 Å². The fourth-order valence-electron chi connectivity index (χ4n) is 2.58. The maximum Gasteiger partial charge on any atom is 0.230 e. The molecule has 0 unspecified atom stereocenters. The van der Waals surface area contributed by atoms with Gasteiger partial charge in [-0.05, 0) is 23.8 Å². The standard InChI is InChI=1S/C16H13N5O/c22-14(8-10-9-18-13-6-2-1-4-11(10)13)19-16-12-5-3-7-17-15(12)20-21-16/h1-7,9,18H,8H2,(H2,17,19,20,21,22). The molecular formula is C16H13N5O. The van der Waals surface area contributed by atoms with Crippen molar-refractivity contribution in [1.82, 2.24) is 20.2 Å². The van der Waals surface area contributed by atoms with Gasteiger partial charge < -0.3 is 10.3 Å². The lowest BCUT2D eigenvalue weighted by atomic mass is 10.1. The minimum absolute atomic E-state index is 0.0980. The summed E-state index contributed by atoms with van der Waals surface area (Å²) in [6, 6.07) is 11.6. The zero-order valence-electron chi connectivity index (χ0n) is 11.6. The summed E-state index contributed by atoms with van der Waals surface area (Å²) in [5.41, 5.74) is 2.58. The van der Waals surface area contributed by atoms with Gasteiger partial charge in [-0.3, -0.25) is 9.89 Å². The van der Waals surface area contributed by atoms with E-state index >= 15 is 0 Å². The van der Waals surface area contributed by atoms with Crippen LogP contribution in [0.3, 0.4) is 0 Å². The zero-order valence-corrected chi connectivity index (χ0v) is 11.6. The Balaban J connectivity index is 1.58. The largest absolute Gasteiger partial charge is 0.361 e. The monoisotopic (exact) mass is 291 g/mol. The molecule has 0 spiro atoms. The van der Waals surface area contributed by atoms with E-state index in [4.69, 9.17) is 0 Å². The van der Waals surface area contributed by atoms with Crippen molar-refractivity contribution in [3.05, 3.63) is 54.4 Å². The normalized spacial score (nSPS) is 11.1. The summed E-state index contributed by atoms with van der Waals surface area (Å²) >= 11 is 0. The molecule has 3 aromatic heterocycles. The van der Waals surface area contributed by atoms with Crippen LogP contribution in [0.2, 0.25) is 0 Å². The van der Waals surface area contributed by atoms with Gasteiger partial charge in [0.1, 0.15) is 5.82 Å². The van der Waals surface area contributed by atoms with Crippen LogP contribution in [0.15, 0.2) is 48.8 Å². The summed E-state index contributed by atoms with van der Waals surface area (Å²) in [6.07, 6.45) is 3.84. The Labute approximate surface area is 125 Å². The maximum absolute atomic E-state index is 12.3. The van der Waals surface area contributed by atoms with Crippen molar-refractivity contribution in [2.24, 2.45) is 0 Å². The van der Waals surface area contributed by atoms with E-state index in [1.807, 2.05) is 42.6 Å². The highest BCUT2D eigenvalue weighted by molar-refractivity contribution is 6.00. The van der Waals surface area contributed by atoms with E-state index in [0.29, 0.717) is 17.9 Å². The fourth-order valence-corrected chi connectivity index (χ4v) is 2.58. The number of anilines is 1. The average molecular weight is 291 g/mol. The van der Waals surface area contributed by atoms with Crippen LogP contribution in [0.5, 0.6) is 0 Å². The van der Waals surface area contributed by atoms with E-state index in [1.54, 1.807) is 6.20 Å². The first kappa shape index (κ1) is 12.6. The molecular weight excluding hydrogens is 278 g/mol. The fraction of sp³-hybridized carbons (Fsp3) is 0.0625. The predicted molar refractivity (Wildman–Crippen MR) is 84.5 cm³/mol. The van der Waals surface area contributed by atoms with Crippen molar-refractivity contribution in [2.75, 3.05) is 5.32 Å². The quantitative estimate of drug-likeness (QED) is 0.542. The Hall–Kier alpha value is -3.15. The van der Waals surface area contributed by atoms with Gasteiger partial charge in [-0.15, -0.1) is 0 Å². The van der Waals surface area contributed by atoms with E-state index in [1.165, 1.54) is 0 Å². The molecule has 4 aromatic rings. The van der Waals surface area contributed by atoms with E-state index < -0.39 is 0 Å². The molecule has 0 saturated heterocycles. The number of amides is 1. The number of nitrogens with zero attached hydrogens (tertiary/aromatic N) is 2. The molecule has 1 aromatic carbocycles. The van der Waals surface area contributed by atoms with Gasteiger partial charge in [0, 0.05) is 23.3 Å². The molecule has 0 atom stereocenters. The van der Waals surface area contributed by atoms with E-state index in [2.05, 4.69) is 25.5 Å². The second-order valence-corrected chi connectivity index (χ2v) is 5.06. The highest BCUT2D eigenvalue weighted by Gasteiger charge is 2.12. The second kappa shape index (κ2) is 5.00. The van der Waals surface area contributed by atoms with Crippen molar-refractivity contribution < 1.29 is 4.79 Å². The third kappa shape index (κ3) is 2.10. The molecule has 0 aliphatic heterocycles. The molecule has 6 nitrogen and oxygen atoms in total. The summed E-state index contributed by atoms with van der Waals surface area (Å²) < 4.78 is 0. The van der Waals surface area contributed by atoms with Crippen LogP contribution in [-0.4, -0.2) is 26.1 Å². The number of nitrogens with one attached hydrogen (secondary N) is 3. The van der Waals surface area contributed by atoms with E-state index in [0.717, 1.165) is 21.9 Å². The number of rotatable bonds is 3. The molecule has 3 heterocycles. The van der Waals surface area contributed by atoms with Crippen LogP contribution >= 0.6 is 0 Å². The summed E-state index contributed by atoms with van der Waals surface area (Å²) in [4.78, 5) is 19.6. The first-order valence-electron chi connectivity index (χ1n) is 6.95. The summed E-state index contributed by atoms with van der Waals surface area (Å²) in [7, 11) is 0. The lowest BCUT2D eigenvalue weighted by Crippen LogP contribution is -2.14. The lowest BCUT2D eigenvalue weighted by Gasteiger charge is -2.02. The highest BCUT2D eigenvalue weighted by atomic mass is 16.1. The molecule has 0 radical (unpaired) electrons. The zero-order chi connectivity index (χ0) is 14.9. The summed E-state index contributed by atoms with van der Waals surface area (Å²) in [6.45, 7) is 0. The van der Waals surface area contributed by atoms with Gasteiger partial charge in [0.05, 0.1) is 11.8 Å². The molecule has 22 heavy (non-hydrogen) atoms. The minimum Gasteiger partial charge on any atom is -0.361 e. The van der Waals surface area contributed by atoms with Crippen molar-refractivity contribution in [2.45, 2.75) is 6.42 Å². The number of para-hydroxylation sites is 1.